The van der Waals surface area contributed by atoms with Gasteiger partial charge in [-0.2, -0.15) is 0 Å². The second-order valence-electron chi connectivity index (χ2n) is 5.19. The normalized spacial score (nSPS) is 14.5. The number of aromatic nitrogens is 1. The topological polar surface area (TPSA) is 49.8 Å². The Labute approximate surface area is 126 Å². The number of fused-ring (bicyclic) bond motifs is 3. The van der Waals surface area contributed by atoms with Gasteiger partial charge in [0.05, 0.1) is 5.69 Å². The summed E-state index contributed by atoms with van der Waals surface area (Å²) in [5, 5.41) is 2.08. The van der Waals surface area contributed by atoms with E-state index in [1.165, 1.54) is 0 Å². The van der Waals surface area contributed by atoms with Crippen molar-refractivity contribution < 1.29 is 18.9 Å². The second-order valence-corrected chi connectivity index (χ2v) is 5.19. The molecule has 0 spiro atoms. The van der Waals surface area contributed by atoms with E-state index in [9.17, 15) is 0 Å². The van der Waals surface area contributed by atoms with Gasteiger partial charge in [-0.3, -0.25) is 4.98 Å². The molecule has 0 saturated heterocycles. The Morgan fingerprint density at radius 1 is 0.682 bits per heavy atom. The summed E-state index contributed by atoms with van der Waals surface area (Å²) in [5.41, 5.74) is 1.87. The highest BCUT2D eigenvalue weighted by molar-refractivity contribution is 5.88. The molecule has 0 atom stereocenters. The summed E-state index contributed by atoms with van der Waals surface area (Å²) in [6, 6.07) is 11.8. The van der Waals surface area contributed by atoms with Crippen molar-refractivity contribution in [3.05, 3.63) is 42.6 Å². The van der Waals surface area contributed by atoms with Crippen LogP contribution in [0, 0.1) is 0 Å². The van der Waals surface area contributed by atoms with E-state index in [0.717, 1.165) is 45.0 Å². The van der Waals surface area contributed by atoms with Crippen LogP contribution in [-0.4, -0.2) is 18.6 Å². The fraction of sp³-hybridized carbons (Fsp3) is 0.118. The van der Waals surface area contributed by atoms with Gasteiger partial charge < -0.3 is 18.9 Å². The molecule has 2 aliphatic rings. The molecule has 2 aliphatic heterocycles. The average molecular weight is 293 g/mol. The standard InChI is InChI=1S/C17H11NO4/c1-2-14-15(20-8-19-14)4-10(1)13-3-11-5-16-17(22-9-21-16)6-12(11)7-18-13/h1-7H,8-9H2. The molecule has 1 aromatic heterocycles. The van der Waals surface area contributed by atoms with Crippen LogP contribution in [0.15, 0.2) is 42.6 Å². The molecule has 0 bridgehead atoms. The van der Waals surface area contributed by atoms with E-state index in [0.29, 0.717) is 0 Å². The van der Waals surface area contributed by atoms with Crippen LogP contribution in [0.2, 0.25) is 0 Å². The van der Waals surface area contributed by atoms with Gasteiger partial charge in [0.1, 0.15) is 0 Å². The number of ether oxygens (including phenoxy) is 4. The first-order valence-electron chi connectivity index (χ1n) is 6.96. The molecule has 0 radical (unpaired) electrons. The van der Waals surface area contributed by atoms with Crippen molar-refractivity contribution in [2.75, 3.05) is 13.6 Å². The Morgan fingerprint density at radius 2 is 1.36 bits per heavy atom. The van der Waals surface area contributed by atoms with Crippen LogP contribution < -0.4 is 18.9 Å². The molecule has 3 heterocycles. The highest BCUT2D eigenvalue weighted by Crippen LogP contribution is 2.38. The fourth-order valence-electron chi connectivity index (χ4n) is 2.75. The van der Waals surface area contributed by atoms with E-state index in [4.69, 9.17) is 18.9 Å². The first-order chi connectivity index (χ1) is 10.9. The van der Waals surface area contributed by atoms with Crippen LogP contribution in [0.5, 0.6) is 23.0 Å². The van der Waals surface area contributed by atoms with Gasteiger partial charge in [0.25, 0.3) is 0 Å². The largest absolute Gasteiger partial charge is 0.454 e. The monoisotopic (exact) mass is 293 g/mol. The maximum atomic E-state index is 5.43. The second kappa shape index (κ2) is 4.27. The minimum absolute atomic E-state index is 0.271. The van der Waals surface area contributed by atoms with Gasteiger partial charge in [-0.25, -0.2) is 0 Å². The highest BCUT2D eigenvalue weighted by atomic mass is 16.7. The molecule has 2 aromatic carbocycles. The van der Waals surface area contributed by atoms with Gasteiger partial charge in [-0.15, -0.1) is 0 Å². The molecule has 3 aromatic rings. The van der Waals surface area contributed by atoms with Gasteiger partial charge in [0.15, 0.2) is 23.0 Å². The maximum absolute atomic E-state index is 5.43. The third-order valence-corrected chi connectivity index (χ3v) is 3.88. The molecule has 0 N–H and O–H groups in total. The zero-order chi connectivity index (χ0) is 14.5. The van der Waals surface area contributed by atoms with E-state index in [1.807, 2.05) is 42.6 Å². The molecule has 5 rings (SSSR count). The summed E-state index contributed by atoms with van der Waals surface area (Å²) in [4.78, 5) is 4.54. The van der Waals surface area contributed by atoms with Crippen molar-refractivity contribution >= 4 is 10.8 Å². The average Bonchev–Trinajstić information content (AvgIpc) is 3.19. The lowest BCUT2D eigenvalue weighted by atomic mass is 10.1. The Balaban J connectivity index is 1.64. The SMILES string of the molecule is c1cc2c(cc1-c1cc3cc4c(cc3cn1)OCO4)OCO2. The third kappa shape index (κ3) is 1.69. The lowest BCUT2D eigenvalue weighted by molar-refractivity contribution is 0.173. The van der Waals surface area contributed by atoms with E-state index < -0.39 is 0 Å². The predicted molar refractivity (Wildman–Crippen MR) is 79.4 cm³/mol. The molecular weight excluding hydrogens is 282 g/mol. The quantitative estimate of drug-likeness (QED) is 0.688. The summed E-state index contributed by atoms with van der Waals surface area (Å²) < 4.78 is 21.6. The highest BCUT2D eigenvalue weighted by Gasteiger charge is 2.16. The molecule has 108 valence electrons. The number of nitrogens with zero attached hydrogens (tertiary/aromatic N) is 1. The Hall–Kier alpha value is -2.95. The van der Waals surface area contributed by atoms with Crippen LogP contribution in [-0.2, 0) is 0 Å². The van der Waals surface area contributed by atoms with E-state index >= 15 is 0 Å². The first-order valence-corrected chi connectivity index (χ1v) is 6.96. The number of benzene rings is 2. The molecule has 0 saturated carbocycles. The first kappa shape index (κ1) is 11.7. The smallest absolute Gasteiger partial charge is 0.231 e. The van der Waals surface area contributed by atoms with Crippen LogP contribution in [0.25, 0.3) is 22.0 Å². The Kier molecular flexibility index (Phi) is 2.27. The van der Waals surface area contributed by atoms with Crippen molar-refractivity contribution in [2.45, 2.75) is 0 Å². The molecule has 5 nitrogen and oxygen atoms in total. The van der Waals surface area contributed by atoms with Gasteiger partial charge >= 0.3 is 0 Å². The number of pyridine rings is 1. The fourth-order valence-corrected chi connectivity index (χ4v) is 2.75. The van der Waals surface area contributed by atoms with Gasteiger partial charge in [-0.05, 0) is 41.8 Å². The summed E-state index contributed by atoms with van der Waals surface area (Å²) in [6.45, 7) is 0.543. The lowest BCUT2D eigenvalue weighted by Crippen LogP contribution is -1.92. The molecular formula is C17H11NO4. The summed E-state index contributed by atoms with van der Waals surface area (Å²) >= 11 is 0. The van der Waals surface area contributed by atoms with Crippen molar-refractivity contribution in [1.82, 2.24) is 4.98 Å². The molecule has 0 fully saturated rings. The minimum atomic E-state index is 0.271. The Bertz CT molecular complexity index is 907. The van der Waals surface area contributed by atoms with E-state index in [1.54, 1.807) is 0 Å². The Morgan fingerprint density at radius 3 is 2.18 bits per heavy atom. The van der Waals surface area contributed by atoms with Gasteiger partial charge in [-0.1, -0.05) is 0 Å². The molecule has 0 amide bonds. The molecule has 0 unspecified atom stereocenters. The number of hydrogen-bond donors (Lipinski definition) is 0. The zero-order valence-corrected chi connectivity index (χ0v) is 11.5. The van der Waals surface area contributed by atoms with Crippen LogP contribution in [0.3, 0.4) is 0 Å². The van der Waals surface area contributed by atoms with Crippen molar-refractivity contribution in [3.8, 4) is 34.3 Å². The zero-order valence-electron chi connectivity index (χ0n) is 11.5. The van der Waals surface area contributed by atoms with Crippen molar-refractivity contribution in [1.29, 1.82) is 0 Å². The van der Waals surface area contributed by atoms with Crippen LogP contribution in [0.4, 0.5) is 0 Å². The minimum Gasteiger partial charge on any atom is -0.454 e. The number of rotatable bonds is 1. The maximum Gasteiger partial charge on any atom is 0.231 e. The predicted octanol–water partition coefficient (Wildman–Crippen LogP) is 3.36. The molecule has 22 heavy (non-hydrogen) atoms. The van der Waals surface area contributed by atoms with E-state index in [-0.39, 0.29) is 13.6 Å². The lowest BCUT2D eigenvalue weighted by Gasteiger charge is -2.05. The van der Waals surface area contributed by atoms with Gasteiger partial charge in [0.2, 0.25) is 13.6 Å². The summed E-state index contributed by atoms with van der Waals surface area (Å²) in [6.07, 6.45) is 1.84. The van der Waals surface area contributed by atoms with Gasteiger partial charge in [0, 0.05) is 17.1 Å². The summed E-state index contributed by atoms with van der Waals surface area (Å²) in [5.74, 6) is 3.07. The van der Waals surface area contributed by atoms with Crippen molar-refractivity contribution in [2.24, 2.45) is 0 Å². The molecule has 0 aliphatic carbocycles. The number of hydrogen-bond acceptors (Lipinski definition) is 5. The third-order valence-electron chi connectivity index (χ3n) is 3.88. The molecule has 5 heteroatoms. The van der Waals surface area contributed by atoms with Crippen molar-refractivity contribution in [3.63, 3.8) is 0 Å². The van der Waals surface area contributed by atoms with Crippen LogP contribution in [0.1, 0.15) is 0 Å². The van der Waals surface area contributed by atoms with E-state index in [2.05, 4.69) is 4.98 Å². The van der Waals surface area contributed by atoms with Crippen LogP contribution >= 0.6 is 0 Å². The summed E-state index contributed by atoms with van der Waals surface area (Å²) in [7, 11) is 0.